The summed E-state index contributed by atoms with van der Waals surface area (Å²) in [4.78, 5) is 37.4. The van der Waals surface area contributed by atoms with Crippen LogP contribution in [0.3, 0.4) is 0 Å². The third kappa shape index (κ3) is 3.52. The van der Waals surface area contributed by atoms with E-state index in [0.717, 1.165) is 0 Å². The van der Waals surface area contributed by atoms with Crippen LogP contribution in [0.15, 0.2) is 24.3 Å². The molecule has 2 N–H and O–H groups in total. The quantitative estimate of drug-likeness (QED) is 0.846. The second-order valence-electron chi connectivity index (χ2n) is 6.01. The van der Waals surface area contributed by atoms with E-state index in [1.54, 1.807) is 29.2 Å². The molecule has 1 saturated heterocycles. The van der Waals surface area contributed by atoms with E-state index in [0.29, 0.717) is 35.1 Å². The third-order valence-electron chi connectivity index (χ3n) is 4.37. The standard InChI is InChI=1S/C16H17ClN2O4S/c17-11-3-1-9(2-4-11)15(21)19-8-24-7-13(19)14(20)18-12-5-10(6-12)16(22)23/h1-4,10,12-13H,5-8H2,(H,18,20)(H,22,23). The molecule has 1 aliphatic heterocycles. The van der Waals surface area contributed by atoms with Gasteiger partial charge in [0.25, 0.3) is 5.91 Å². The fourth-order valence-corrected chi connectivity index (χ4v) is 4.13. The Morgan fingerprint density at radius 2 is 1.88 bits per heavy atom. The van der Waals surface area contributed by atoms with Crippen molar-refractivity contribution in [1.82, 2.24) is 10.2 Å². The Kier molecular flexibility index (Phi) is 5.01. The predicted molar refractivity (Wildman–Crippen MR) is 91.0 cm³/mol. The van der Waals surface area contributed by atoms with Gasteiger partial charge in [0.05, 0.1) is 11.8 Å². The molecule has 1 aliphatic carbocycles. The number of amides is 2. The minimum absolute atomic E-state index is 0.114. The monoisotopic (exact) mass is 368 g/mol. The maximum atomic E-state index is 12.6. The number of halogens is 1. The number of nitrogens with zero attached hydrogens (tertiary/aromatic N) is 1. The number of hydrogen-bond donors (Lipinski definition) is 2. The van der Waals surface area contributed by atoms with E-state index < -0.39 is 12.0 Å². The van der Waals surface area contributed by atoms with Crippen molar-refractivity contribution >= 4 is 41.1 Å². The summed E-state index contributed by atoms with van der Waals surface area (Å²) in [6.07, 6.45) is 0.901. The van der Waals surface area contributed by atoms with Gasteiger partial charge < -0.3 is 15.3 Å². The first-order valence-corrected chi connectivity index (χ1v) is 9.16. The van der Waals surface area contributed by atoms with Crippen LogP contribution in [-0.2, 0) is 9.59 Å². The highest BCUT2D eigenvalue weighted by Crippen LogP contribution is 2.29. The van der Waals surface area contributed by atoms with E-state index in [9.17, 15) is 14.4 Å². The van der Waals surface area contributed by atoms with Crippen LogP contribution in [0.4, 0.5) is 0 Å². The second kappa shape index (κ2) is 7.03. The van der Waals surface area contributed by atoms with Crippen molar-refractivity contribution in [2.75, 3.05) is 11.6 Å². The number of thioether (sulfide) groups is 1. The average Bonchev–Trinajstić information content (AvgIpc) is 2.99. The summed E-state index contributed by atoms with van der Waals surface area (Å²) in [7, 11) is 0. The predicted octanol–water partition coefficient (Wildman–Crippen LogP) is 1.83. The van der Waals surface area contributed by atoms with Gasteiger partial charge in [-0.25, -0.2) is 0 Å². The van der Waals surface area contributed by atoms with Gasteiger partial charge in [-0.05, 0) is 37.1 Å². The number of nitrogens with one attached hydrogen (secondary N) is 1. The summed E-state index contributed by atoms with van der Waals surface area (Å²) in [6, 6.07) is 5.94. The maximum absolute atomic E-state index is 12.6. The molecule has 1 aromatic rings. The minimum atomic E-state index is -0.823. The Morgan fingerprint density at radius 1 is 1.21 bits per heavy atom. The van der Waals surface area contributed by atoms with Gasteiger partial charge in [-0.1, -0.05) is 11.6 Å². The van der Waals surface area contributed by atoms with Crippen LogP contribution in [0.2, 0.25) is 5.02 Å². The van der Waals surface area contributed by atoms with Crippen LogP contribution in [-0.4, -0.2) is 51.5 Å². The molecule has 0 aromatic heterocycles. The molecule has 1 aromatic carbocycles. The molecular weight excluding hydrogens is 352 g/mol. The van der Waals surface area contributed by atoms with Crippen LogP contribution in [0, 0.1) is 5.92 Å². The topological polar surface area (TPSA) is 86.7 Å². The molecule has 1 unspecified atom stereocenters. The van der Waals surface area contributed by atoms with Crippen LogP contribution in [0.5, 0.6) is 0 Å². The Hall–Kier alpha value is -1.73. The van der Waals surface area contributed by atoms with Crippen molar-refractivity contribution in [3.8, 4) is 0 Å². The van der Waals surface area contributed by atoms with Crippen LogP contribution >= 0.6 is 23.4 Å². The zero-order chi connectivity index (χ0) is 17.3. The number of rotatable bonds is 4. The molecule has 1 saturated carbocycles. The summed E-state index contributed by atoms with van der Waals surface area (Å²) < 4.78 is 0. The lowest BCUT2D eigenvalue weighted by Gasteiger charge is -2.34. The van der Waals surface area contributed by atoms with Gasteiger partial charge in [0.2, 0.25) is 5.91 Å². The van der Waals surface area contributed by atoms with E-state index in [2.05, 4.69) is 5.32 Å². The van der Waals surface area contributed by atoms with Gasteiger partial charge in [-0.15, -0.1) is 11.8 Å². The lowest BCUT2D eigenvalue weighted by Crippen LogP contribution is -2.53. The number of aliphatic carboxylic acids is 1. The number of benzene rings is 1. The van der Waals surface area contributed by atoms with Crippen LogP contribution in [0.1, 0.15) is 23.2 Å². The highest BCUT2D eigenvalue weighted by atomic mass is 35.5. The van der Waals surface area contributed by atoms with Crippen molar-refractivity contribution in [2.24, 2.45) is 5.92 Å². The molecule has 2 amide bonds. The molecule has 2 fully saturated rings. The molecule has 2 aliphatic rings. The smallest absolute Gasteiger partial charge is 0.306 e. The highest BCUT2D eigenvalue weighted by molar-refractivity contribution is 7.99. The van der Waals surface area contributed by atoms with Crippen molar-refractivity contribution in [2.45, 2.75) is 24.9 Å². The van der Waals surface area contributed by atoms with Gasteiger partial charge in [-0.2, -0.15) is 0 Å². The molecule has 3 rings (SSSR count). The average molecular weight is 369 g/mol. The molecule has 0 bridgehead atoms. The maximum Gasteiger partial charge on any atom is 0.306 e. The fourth-order valence-electron chi connectivity index (χ4n) is 2.85. The van der Waals surface area contributed by atoms with Crippen LogP contribution < -0.4 is 5.32 Å². The summed E-state index contributed by atoms with van der Waals surface area (Å²) >= 11 is 7.36. The summed E-state index contributed by atoms with van der Waals surface area (Å²) in [6.45, 7) is 0. The van der Waals surface area contributed by atoms with E-state index in [1.165, 1.54) is 11.8 Å². The lowest BCUT2D eigenvalue weighted by molar-refractivity contribution is -0.146. The molecule has 6 nitrogen and oxygen atoms in total. The van der Waals surface area contributed by atoms with Crippen molar-refractivity contribution < 1.29 is 19.5 Å². The van der Waals surface area contributed by atoms with E-state index in [1.807, 2.05) is 0 Å². The summed E-state index contributed by atoms with van der Waals surface area (Å²) in [5.41, 5.74) is 0.495. The molecule has 8 heteroatoms. The number of carboxylic acids is 1. The number of carbonyl (C=O) groups is 3. The van der Waals surface area contributed by atoms with E-state index in [-0.39, 0.29) is 23.8 Å². The van der Waals surface area contributed by atoms with E-state index in [4.69, 9.17) is 16.7 Å². The Morgan fingerprint density at radius 3 is 2.50 bits per heavy atom. The largest absolute Gasteiger partial charge is 0.481 e. The zero-order valence-electron chi connectivity index (χ0n) is 12.8. The highest BCUT2D eigenvalue weighted by Gasteiger charge is 2.39. The molecule has 0 radical (unpaired) electrons. The normalized spacial score (nSPS) is 25.9. The minimum Gasteiger partial charge on any atom is -0.481 e. The van der Waals surface area contributed by atoms with E-state index >= 15 is 0 Å². The van der Waals surface area contributed by atoms with Gasteiger partial charge in [0.15, 0.2) is 0 Å². The van der Waals surface area contributed by atoms with Gasteiger partial charge >= 0.3 is 5.97 Å². The van der Waals surface area contributed by atoms with Gasteiger partial charge in [0.1, 0.15) is 6.04 Å². The lowest BCUT2D eigenvalue weighted by atomic mass is 9.80. The number of hydrogen-bond acceptors (Lipinski definition) is 4. The van der Waals surface area contributed by atoms with Gasteiger partial charge in [0, 0.05) is 22.4 Å². The zero-order valence-corrected chi connectivity index (χ0v) is 14.3. The second-order valence-corrected chi connectivity index (χ2v) is 7.45. The SMILES string of the molecule is O=C(O)C1CC(NC(=O)C2CSCN2C(=O)c2ccc(Cl)cc2)C1. The van der Waals surface area contributed by atoms with Crippen molar-refractivity contribution in [1.29, 1.82) is 0 Å². The molecule has 1 atom stereocenters. The Bertz CT molecular complexity index is 661. The van der Waals surface area contributed by atoms with Crippen molar-refractivity contribution in [3.05, 3.63) is 34.9 Å². The molecule has 128 valence electrons. The number of carbonyl (C=O) groups excluding carboxylic acids is 2. The van der Waals surface area contributed by atoms with Gasteiger partial charge in [-0.3, -0.25) is 14.4 Å². The third-order valence-corrected chi connectivity index (χ3v) is 5.63. The Labute approximate surface area is 148 Å². The molecule has 1 heterocycles. The summed E-state index contributed by atoms with van der Waals surface area (Å²) in [5.74, 6) is -0.608. The number of carboxylic acid groups (broad SMARTS) is 1. The first-order chi connectivity index (χ1) is 11.5. The summed E-state index contributed by atoms with van der Waals surface area (Å²) in [5, 5.41) is 12.3. The van der Waals surface area contributed by atoms with Crippen LogP contribution in [0.25, 0.3) is 0 Å². The molecular formula is C16H17ClN2O4S. The van der Waals surface area contributed by atoms with Crippen molar-refractivity contribution in [3.63, 3.8) is 0 Å². The molecule has 0 spiro atoms. The first-order valence-electron chi connectivity index (χ1n) is 7.63. The fraction of sp³-hybridized carbons (Fsp3) is 0.438. The first kappa shape index (κ1) is 17.1. The Balaban J connectivity index is 1.60. The molecule has 24 heavy (non-hydrogen) atoms.